The molecule has 0 radical (unpaired) electrons. The monoisotopic (exact) mass is 480 g/mol. The summed E-state index contributed by atoms with van der Waals surface area (Å²) in [6.45, 7) is 0.0863. The zero-order valence-electron chi connectivity index (χ0n) is 19.4. The highest BCUT2D eigenvalue weighted by Gasteiger charge is 2.54. The first-order valence-corrected chi connectivity index (χ1v) is 11.6. The number of rotatable bonds is 7. The lowest BCUT2D eigenvalue weighted by atomic mass is 9.96. The van der Waals surface area contributed by atoms with E-state index < -0.39 is 41.9 Å². The summed E-state index contributed by atoms with van der Waals surface area (Å²) in [6, 6.07) is 16.0. The van der Waals surface area contributed by atoms with E-state index in [9.17, 15) is 19.2 Å². The molecule has 9 heteroatoms. The van der Waals surface area contributed by atoms with E-state index in [0.717, 1.165) is 11.1 Å². The Morgan fingerprint density at radius 2 is 1.49 bits per heavy atom. The fourth-order valence-electron chi connectivity index (χ4n) is 4.70. The number of alkyl carbamates (subject to hydrolysis) is 1. The molecule has 2 aromatic carbocycles. The molecule has 1 N–H and O–H groups in total. The van der Waals surface area contributed by atoms with Crippen molar-refractivity contribution >= 4 is 23.9 Å². The zero-order chi connectivity index (χ0) is 24.8. The molecule has 2 fully saturated rings. The molecule has 0 bridgehead atoms. The lowest BCUT2D eigenvalue weighted by molar-refractivity contribution is -0.163. The molecule has 4 atom stereocenters. The molecule has 0 spiro atoms. The topological polar surface area (TPSA) is 111 Å². The highest BCUT2D eigenvalue weighted by molar-refractivity contribution is 5.94. The minimum Gasteiger partial charge on any atom is -0.469 e. The van der Waals surface area contributed by atoms with Crippen LogP contribution in [0.25, 0.3) is 0 Å². The van der Waals surface area contributed by atoms with Gasteiger partial charge < -0.3 is 24.4 Å². The minimum absolute atomic E-state index is 0.0181. The van der Waals surface area contributed by atoms with Crippen LogP contribution in [0.4, 0.5) is 4.79 Å². The Balaban J connectivity index is 1.43. The highest BCUT2D eigenvalue weighted by atomic mass is 16.6. The average Bonchev–Trinajstić information content (AvgIpc) is 3.29. The SMILES string of the molecule is COC(=O)[C@@H]1C[C@H]2CC[C@H](NC(=O)OCc3ccccc3)C(=O)N2[C@@H]1C(=O)OCc1ccccc1. The van der Waals surface area contributed by atoms with E-state index >= 15 is 0 Å². The quantitative estimate of drug-likeness (QED) is 0.479. The van der Waals surface area contributed by atoms with Crippen molar-refractivity contribution in [1.82, 2.24) is 10.2 Å². The van der Waals surface area contributed by atoms with Gasteiger partial charge in [0.2, 0.25) is 5.91 Å². The van der Waals surface area contributed by atoms with Crippen LogP contribution in [0.2, 0.25) is 0 Å². The van der Waals surface area contributed by atoms with Crippen LogP contribution in [0, 0.1) is 5.92 Å². The third-order valence-electron chi connectivity index (χ3n) is 6.42. The van der Waals surface area contributed by atoms with E-state index in [4.69, 9.17) is 14.2 Å². The van der Waals surface area contributed by atoms with Crippen LogP contribution in [0.5, 0.6) is 0 Å². The second kappa shape index (κ2) is 11.0. The van der Waals surface area contributed by atoms with E-state index in [-0.39, 0.29) is 19.3 Å². The molecule has 9 nitrogen and oxygen atoms in total. The Morgan fingerprint density at radius 1 is 0.886 bits per heavy atom. The summed E-state index contributed by atoms with van der Waals surface area (Å²) >= 11 is 0. The summed E-state index contributed by atoms with van der Waals surface area (Å²) in [5, 5.41) is 2.61. The molecule has 2 saturated heterocycles. The van der Waals surface area contributed by atoms with Crippen LogP contribution in [0.15, 0.2) is 60.7 Å². The molecule has 0 saturated carbocycles. The number of amides is 2. The van der Waals surface area contributed by atoms with Crippen molar-refractivity contribution in [2.75, 3.05) is 7.11 Å². The summed E-state index contributed by atoms with van der Waals surface area (Å²) < 4.78 is 15.6. The van der Waals surface area contributed by atoms with Gasteiger partial charge in [-0.15, -0.1) is 0 Å². The Labute approximate surface area is 203 Å². The van der Waals surface area contributed by atoms with Gasteiger partial charge in [0.05, 0.1) is 13.0 Å². The molecular formula is C26H28N2O7. The number of nitrogens with zero attached hydrogens (tertiary/aromatic N) is 1. The lowest BCUT2D eigenvalue weighted by Gasteiger charge is -2.37. The predicted octanol–water partition coefficient (Wildman–Crippen LogP) is 2.58. The molecule has 2 amide bonds. The molecule has 0 aliphatic carbocycles. The first-order valence-electron chi connectivity index (χ1n) is 11.6. The number of carbonyl (C=O) groups is 4. The first-order chi connectivity index (χ1) is 17.0. The Kier molecular flexibility index (Phi) is 7.64. The predicted molar refractivity (Wildman–Crippen MR) is 124 cm³/mol. The number of hydrogen-bond donors (Lipinski definition) is 1. The molecule has 2 aromatic rings. The van der Waals surface area contributed by atoms with Crippen LogP contribution >= 0.6 is 0 Å². The van der Waals surface area contributed by atoms with Crippen molar-refractivity contribution < 1.29 is 33.4 Å². The summed E-state index contributed by atoms with van der Waals surface area (Å²) in [5.41, 5.74) is 1.61. The summed E-state index contributed by atoms with van der Waals surface area (Å²) in [6.07, 6.45) is 0.470. The van der Waals surface area contributed by atoms with Crippen LogP contribution in [-0.4, -0.2) is 54.1 Å². The van der Waals surface area contributed by atoms with Crippen LogP contribution in [-0.2, 0) is 41.8 Å². The number of carbonyl (C=O) groups excluding carboxylic acids is 4. The number of piperidine rings is 1. The Bertz CT molecular complexity index is 1060. The second-order valence-corrected chi connectivity index (χ2v) is 8.64. The van der Waals surface area contributed by atoms with Crippen LogP contribution < -0.4 is 5.32 Å². The summed E-state index contributed by atoms with van der Waals surface area (Å²) in [4.78, 5) is 52.7. The number of methoxy groups -OCH3 is 1. The van der Waals surface area contributed by atoms with Gasteiger partial charge in [-0.3, -0.25) is 9.59 Å². The van der Waals surface area contributed by atoms with Crippen molar-refractivity contribution in [3.8, 4) is 0 Å². The molecule has 2 aliphatic heterocycles. The van der Waals surface area contributed by atoms with E-state index in [1.807, 2.05) is 60.7 Å². The highest BCUT2D eigenvalue weighted by Crippen LogP contribution is 2.38. The lowest BCUT2D eigenvalue weighted by Crippen LogP contribution is -2.58. The Morgan fingerprint density at radius 3 is 2.09 bits per heavy atom. The standard InChI is InChI=1S/C26H28N2O7/c1-33-24(30)20-14-19-12-13-21(27-26(32)35-16-18-10-6-3-7-11-18)23(29)28(19)22(20)25(31)34-15-17-8-4-2-5-9-17/h2-11,19-22H,12-16H2,1H3,(H,27,32)/t19-,20-,21+,22+/m1/s1. The van der Waals surface area contributed by atoms with Gasteiger partial charge >= 0.3 is 18.0 Å². The first kappa shape index (κ1) is 24.3. The third-order valence-corrected chi connectivity index (χ3v) is 6.42. The number of benzene rings is 2. The minimum atomic E-state index is -1.12. The van der Waals surface area contributed by atoms with Gasteiger partial charge in [-0.05, 0) is 30.4 Å². The molecule has 0 unspecified atom stereocenters. The maximum atomic E-state index is 13.4. The smallest absolute Gasteiger partial charge is 0.408 e. The van der Waals surface area contributed by atoms with Gasteiger partial charge in [0, 0.05) is 6.04 Å². The van der Waals surface area contributed by atoms with Crippen molar-refractivity contribution in [3.63, 3.8) is 0 Å². The number of nitrogens with one attached hydrogen (secondary N) is 1. The van der Waals surface area contributed by atoms with E-state index in [1.54, 1.807) is 0 Å². The summed E-state index contributed by atoms with van der Waals surface area (Å²) in [5.74, 6) is -2.51. The Hall–Kier alpha value is -3.88. The van der Waals surface area contributed by atoms with Crippen molar-refractivity contribution in [1.29, 1.82) is 0 Å². The number of ether oxygens (including phenoxy) is 3. The molecular weight excluding hydrogens is 452 g/mol. The van der Waals surface area contributed by atoms with Crippen LogP contribution in [0.1, 0.15) is 30.4 Å². The van der Waals surface area contributed by atoms with E-state index in [2.05, 4.69) is 5.32 Å². The third kappa shape index (κ3) is 5.62. The van der Waals surface area contributed by atoms with Crippen molar-refractivity contribution in [2.45, 2.75) is 50.6 Å². The largest absolute Gasteiger partial charge is 0.469 e. The summed E-state index contributed by atoms with van der Waals surface area (Å²) in [7, 11) is 1.25. The molecule has 2 heterocycles. The van der Waals surface area contributed by atoms with Gasteiger partial charge in [-0.25, -0.2) is 9.59 Å². The molecule has 184 valence electrons. The van der Waals surface area contributed by atoms with Crippen molar-refractivity contribution in [2.24, 2.45) is 5.92 Å². The normalized spacial score (nSPS) is 23.2. The number of esters is 2. The van der Waals surface area contributed by atoms with Crippen LogP contribution in [0.3, 0.4) is 0 Å². The zero-order valence-corrected chi connectivity index (χ0v) is 19.4. The van der Waals surface area contributed by atoms with Crippen molar-refractivity contribution in [3.05, 3.63) is 71.8 Å². The maximum absolute atomic E-state index is 13.4. The number of fused-ring (bicyclic) bond motifs is 1. The average molecular weight is 481 g/mol. The van der Waals surface area contributed by atoms with Gasteiger partial charge in [0.1, 0.15) is 25.3 Å². The van der Waals surface area contributed by atoms with Gasteiger partial charge in [-0.1, -0.05) is 60.7 Å². The fourth-order valence-corrected chi connectivity index (χ4v) is 4.70. The fraction of sp³-hybridized carbons (Fsp3) is 0.385. The van der Waals surface area contributed by atoms with Gasteiger partial charge in [-0.2, -0.15) is 0 Å². The second-order valence-electron chi connectivity index (χ2n) is 8.64. The molecule has 0 aromatic heterocycles. The van der Waals surface area contributed by atoms with E-state index in [0.29, 0.717) is 19.3 Å². The molecule has 35 heavy (non-hydrogen) atoms. The van der Waals surface area contributed by atoms with E-state index in [1.165, 1.54) is 12.0 Å². The van der Waals surface area contributed by atoms with Gasteiger partial charge in [0.15, 0.2) is 0 Å². The molecule has 2 aliphatic rings. The molecule has 4 rings (SSSR count). The van der Waals surface area contributed by atoms with Gasteiger partial charge in [0.25, 0.3) is 0 Å². The number of hydrogen-bond acceptors (Lipinski definition) is 7. The maximum Gasteiger partial charge on any atom is 0.408 e.